The molecule has 0 saturated heterocycles. The van der Waals surface area contributed by atoms with Gasteiger partial charge in [0.05, 0.1) is 0 Å². The van der Waals surface area contributed by atoms with Gasteiger partial charge in [-0.3, -0.25) is 0 Å². The Bertz CT molecular complexity index is 209. The predicted molar refractivity (Wildman–Crippen MR) is 61.0 cm³/mol. The lowest BCUT2D eigenvalue weighted by atomic mass is 9.69. The second-order valence-corrected chi connectivity index (χ2v) is 5.26. The molecule has 2 N–H and O–H groups in total. The number of allylic oxidation sites excluding steroid dienone is 2. The molecule has 14 heavy (non-hydrogen) atoms. The van der Waals surface area contributed by atoms with Crippen LogP contribution in [0.2, 0.25) is 0 Å². The highest BCUT2D eigenvalue weighted by Gasteiger charge is 2.31. The van der Waals surface area contributed by atoms with E-state index in [1.165, 1.54) is 38.5 Å². The van der Waals surface area contributed by atoms with Crippen molar-refractivity contribution in [2.75, 3.05) is 0 Å². The van der Waals surface area contributed by atoms with Crippen LogP contribution in [0.1, 0.15) is 45.4 Å². The molecule has 1 nitrogen and oxygen atoms in total. The van der Waals surface area contributed by atoms with E-state index in [2.05, 4.69) is 19.1 Å². The number of rotatable bonds is 1. The topological polar surface area (TPSA) is 26.0 Å². The number of hydrogen-bond donors (Lipinski definition) is 1. The summed E-state index contributed by atoms with van der Waals surface area (Å²) < 4.78 is 0. The third-order valence-electron chi connectivity index (χ3n) is 4.19. The van der Waals surface area contributed by atoms with Crippen LogP contribution in [0.25, 0.3) is 0 Å². The predicted octanol–water partition coefficient (Wildman–Crippen LogP) is 3.11. The number of hydrogen-bond acceptors (Lipinski definition) is 1. The first-order valence-electron chi connectivity index (χ1n) is 6.18. The van der Waals surface area contributed by atoms with Crippen molar-refractivity contribution in [3.8, 4) is 0 Å². The van der Waals surface area contributed by atoms with Gasteiger partial charge in [0.25, 0.3) is 0 Å². The molecular weight excluding hydrogens is 170 g/mol. The summed E-state index contributed by atoms with van der Waals surface area (Å²) >= 11 is 0. The van der Waals surface area contributed by atoms with Gasteiger partial charge in [0.1, 0.15) is 0 Å². The summed E-state index contributed by atoms with van der Waals surface area (Å²) in [6, 6.07) is 0.486. The Labute approximate surface area is 87.8 Å². The van der Waals surface area contributed by atoms with Crippen LogP contribution >= 0.6 is 0 Å². The zero-order valence-corrected chi connectivity index (χ0v) is 9.28. The van der Waals surface area contributed by atoms with Crippen LogP contribution in [0, 0.1) is 17.8 Å². The molecule has 0 bridgehead atoms. The van der Waals surface area contributed by atoms with Crippen molar-refractivity contribution in [3.05, 3.63) is 12.2 Å². The van der Waals surface area contributed by atoms with E-state index >= 15 is 0 Å². The molecule has 4 atom stereocenters. The first-order valence-corrected chi connectivity index (χ1v) is 6.18. The van der Waals surface area contributed by atoms with E-state index in [9.17, 15) is 0 Å². The second kappa shape index (κ2) is 4.48. The molecule has 0 amide bonds. The second-order valence-electron chi connectivity index (χ2n) is 5.26. The van der Waals surface area contributed by atoms with Crippen molar-refractivity contribution in [2.24, 2.45) is 23.5 Å². The molecule has 0 aliphatic heterocycles. The first kappa shape index (κ1) is 10.2. The lowest BCUT2D eigenvalue weighted by molar-refractivity contribution is 0.152. The van der Waals surface area contributed by atoms with E-state index in [4.69, 9.17) is 5.73 Å². The Morgan fingerprint density at radius 2 is 2.00 bits per heavy atom. The maximum absolute atomic E-state index is 6.00. The molecule has 0 spiro atoms. The quantitative estimate of drug-likeness (QED) is 0.636. The largest absolute Gasteiger partial charge is 0.328 e. The highest BCUT2D eigenvalue weighted by Crippen LogP contribution is 2.39. The molecule has 1 saturated carbocycles. The molecule has 0 aromatic carbocycles. The van der Waals surface area contributed by atoms with Crippen molar-refractivity contribution < 1.29 is 0 Å². The summed E-state index contributed by atoms with van der Waals surface area (Å²) in [5, 5.41) is 0. The summed E-state index contributed by atoms with van der Waals surface area (Å²) in [5.74, 6) is 2.78. The molecule has 80 valence electrons. The highest BCUT2D eigenvalue weighted by molar-refractivity contribution is 4.94. The average molecular weight is 193 g/mol. The third-order valence-corrected chi connectivity index (χ3v) is 4.19. The van der Waals surface area contributed by atoms with Gasteiger partial charge in [-0.05, 0) is 56.3 Å². The Balaban J connectivity index is 1.93. The zero-order chi connectivity index (χ0) is 9.97. The molecule has 0 aromatic rings. The number of nitrogens with two attached hydrogens (primary N) is 1. The van der Waals surface area contributed by atoms with Gasteiger partial charge in [-0.15, -0.1) is 0 Å². The minimum absolute atomic E-state index is 0.486. The van der Waals surface area contributed by atoms with Crippen LogP contribution in [-0.2, 0) is 0 Å². The minimum Gasteiger partial charge on any atom is -0.328 e. The molecule has 2 aliphatic rings. The Morgan fingerprint density at radius 1 is 1.14 bits per heavy atom. The monoisotopic (exact) mass is 193 g/mol. The Hall–Kier alpha value is -0.300. The lowest BCUT2D eigenvalue weighted by Gasteiger charge is -2.38. The highest BCUT2D eigenvalue weighted by atomic mass is 14.6. The van der Waals surface area contributed by atoms with Crippen LogP contribution in [0.15, 0.2) is 12.2 Å². The van der Waals surface area contributed by atoms with Gasteiger partial charge in [-0.1, -0.05) is 19.1 Å². The van der Waals surface area contributed by atoms with Crippen LogP contribution in [0.3, 0.4) is 0 Å². The van der Waals surface area contributed by atoms with Gasteiger partial charge in [-0.2, -0.15) is 0 Å². The van der Waals surface area contributed by atoms with Crippen LogP contribution in [-0.4, -0.2) is 6.04 Å². The van der Waals surface area contributed by atoms with Gasteiger partial charge < -0.3 is 5.73 Å². The Kier molecular flexibility index (Phi) is 3.27. The van der Waals surface area contributed by atoms with Crippen LogP contribution < -0.4 is 5.73 Å². The van der Waals surface area contributed by atoms with Crippen molar-refractivity contribution in [2.45, 2.75) is 51.5 Å². The fourth-order valence-corrected chi connectivity index (χ4v) is 3.37. The maximum Gasteiger partial charge on any atom is 0.00415 e. The molecular formula is C13H23N. The molecule has 2 aliphatic carbocycles. The molecule has 1 fully saturated rings. The molecule has 2 rings (SSSR count). The Morgan fingerprint density at radius 3 is 2.64 bits per heavy atom. The summed E-state index contributed by atoms with van der Waals surface area (Å²) in [5.41, 5.74) is 6.00. The fraction of sp³-hybridized carbons (Fsp3) is 0.846. The van der Waals surface area contributed by atoms with Gasteiger partial charge >= 0.3 is 0 Å². The van der Waals surface area contributed by atoms with E-state index in [0.29, 0.717) is 6.04 Å². The van der Waals surface area contributed by atoms with E-state index in [-0.39, 0.29) is 0 Å². The lowest BCUT2D eigenvalue weighted by Crippen LogP contribution is -2.35. The maximum atomic E-state index is 6.00. The smallest absolute Gasteiger partial charge is 0.00415 e. The molecule has 0 radical (unpaired) electrons. The van der Waals surface area contributed by atoms with E-state index < -0.39 is 0 Å². The first-order chi connectivity index (χ1) is 6.77. The summed E-state index contributed by atoms with van der Waals surface area (Å²) in [6.45, 7) is 2.40. The molecule has 3 unspecified atom stereocenters. The van der Waals surface area contributed by atoms with Gasteiger partial charge in [0.2, 0.25) is 0 Å². The van der Waals surface area contributed by atoms with E-state index in [1.54, 1.807) is 0 Å². The summed E-state index contributed by atoms with van der Waals surface area (Å²) in [6.07, 6.45) is 12.7. The molecule has 0 heterocycles. The molecule has 1 heteroatoms. The van der Waals surface area contributed by atoms with E-state index in [1.807, 2.05) is 0 Å². The average Bonchev–Trinajstić information content (AvgIpc) is 2.19. The van der Waals surface area contributed by atoms with Crippen molar-refractivity contribution in [1.29, 1.82) is 0 Å². The zero-order valence-electron chi connectivity index (χ0n) is 9.28. The standard InChI is InChI=1S/C13H23N/c1-10-9-12(14)7-8-13(10)11-5-3-2-4-6-11/h2-3,10-13H,4-9,14H2,1H3/t10?,11-,12?,13?/m1/s1. The van der Waals surface area contributed by atoms with Crippen molar-refractivity contribution in [3.63, 3.8) is 0 Å². The fourth-order valence-electron chi connectivity index (χ4n) is 3.37. The summed E-state index contributed by atoms with van der Waals surface area (Å²) in [7, 11) is 0. The van der Waals surface area contributed by atoms with Gasteiger partial charge in [0.15, 0.2) is 0 Å². The van der Waals surface area contributed by atoms with Crippen molar-refractivity contribution >= 4 is 0 Å². The minimum atomic E-state index is 0.486. The van der Waals surface area contributed by atoms with Crippen LogP contribution in [0.4, 0.5) is 0 Å². The van der Waals surface area contributed by atoms with Crippen LogP contribution in [0.5, 0.6) is 0 Å². The summed E-state index contributed by atoms with van der Waals surface area (Å²) in [4.78, 5) is 0. The van der Waals surface area contributed by atoms with Gasteiger partial charge in [-0.25, -0.2) is 0 Å². The SMILES string of the molecule is CC1CC(N)CCC1[C@@H]1CC=CCC1. The van der Waals surface area contributed by atoms with Crippen molar-refractivity contribution in [1.82, 2.24) is 0 Å². The van der Waals surface area contributed by atoms with Gasteiger partial charge in [0, 0.05) is 6.04 Å². The molecule has 0 aromatic heterocycles. The van der Waals surface area contributed by atoms with E-state index in [0.717, 1.165) is 17.8 Å². The normalized spacial score (nSPS) is 43.9. The third kappa shape index (κ3) is 2.20.